The van der Waals surface area contributed by atoms with Crippen LogP contribution in [0.1, 0.15) is 99.3 Å². The molecule has 1 saturated heterocycles. The van der Waals surface area contributed by atoms with Gasteiger partial charge in [0.25, 0.3) is 0 Å². The molecule has 16 atom stereocenters. The van der Waals surface area contributed by atoms with E-state index in [0.717, 1.165) is 32.1 Å². The summed E-state index contributed by atoms with van der Waals surface area (Å²) in [4.78, 5) is 10.3. The van der Waals surface area contributed by atoms with Crippen LogP contribution in [0.4, 0.5) is 0 Å². The average Bonchev–Trinajstić information content (AvgIpc) is 3.36. The van der Waals surface area contributed by atoms with Crippen LogP contribution in [0.5, 0.6) is 0 Å². The molecule has 3 saturated carbocycles. The van der Waals surface area contributed by atoms with Gasteiger partial charge in [-0.2, -0.15) is 8.42 Å². The van der Waals surface area contributed by atoms with E-state index >= 15 is 0 Å². The molecule has 0 aromatic rings. The first-order valence-corrected chi connectivity index (χ1v) is 19.2. The van der Waals surface area contributed by atoms with Gasteiger partial charge in [0.1, 0.15) is 18.3 Å². The highest BCUT2D eigenvalue weighted by Crippen LogP contribution is 2.67. The smallest absolute Gasteiger partial charge is 0.331 e. The summed E-state index contributed by atoms with van der Waals surface area (Å²) in [6.07, 6.45) is 3.93. The van der Waals surface area contributed by atoms with E-state index in [1.165, 1.54) is 11.1 Å². The Hall–Kier alpha value is -0.660. The van der Waals surface area contributed by atoms with Crippen molar-refractivity contribution < 1.29 is 60.8 Å². The molecule has 0 aromatic heterocycles. The van der Waals surface area contributed by atoms with Crippen LogP contribution >= 0.6 is 0 Å². The summed E-state index contributed by atoms with van der Waals surface area (Å²) >= 11 is -5.32. The number of hydrogen-bond acceptors (Lipinski definition) is 11. The third-order valence-corrected chi connectivity index (χ3v) is 12.8. The average molecular weight is 723 g/mol. The van der Waals surface area contributed by atoms with Crippen molar-refractivity contribution in [2.75, 3.05) is 0 Å². The van der Waals surface area contributed by atoms with E-state index in [0.29, 0.717) is 31.6 Å². The molecule has 48 heavy (non-hydrogen) atoms. The highest BCUT2D eigenvalue weighted by atomic mass is 32.2. The molecule has 5 aliphatic rings. The summed E-state index contributed by atoms with van der Waals surface area (Å²) in [5.41, 5.74) is 1.36. The molecule has 15 heteroatoms. The van der Waals surface area contributed by atoms with E-state index in [4.69, 9.17) is 23.8 Å². The topological polar surface area (TPSA) is 191 Å². The van der Waals surface area contributed by atoms with Gasteiger partial charge in [-0.05, 0) is 120 Å². The summed E-state index contributed by atoms with van der Waals surface area (Å²) in [7, 11) is 0. The molecule has 1 heterocycles. The zero-order chi connectivity index (χ0) is 35.2. The Morgan fingerprint density at radius 3 is 2.40 bits per heavy atom. The first-order chi connectivity index (χ1) is 22.5. The molecule has 4 fully saturated rings. The van der Waals surface area contributed by atoms with Crippen LogP contribution in [-0.4, -0.2) is 81.4 Å². The van der Waals surface area contributed by atoms with Crippen LogP contribution < -0.4 is 0 Å². The van der Waals surface area contributed by atoms with Gasteiger partial charge in [0, 0.05) is 0 Å². The van der Waals surface area contributed by atoms with E-state index in [-0.39, 0.29) is 28.6 Å². The third-order valence-electron chi connectivity index (χ3n) is 12.5. The fraction of sp³-hybridized carbons (Fsp3) is 0.879. The molecule has 0 bridgehead atoms. The quantitative estimate of drug-likeness (QED) is 0.0824. The van der Waals surface area contributed by atoms with Crippen LogP contribution in [0.25, 0.3) is 0 Å². The Kier molecular flexibility index (Phi) is 12.2. The van der Waals surface area contributed by atoms with Crippen molar-refractivity contribution in [2.45, 2.75) is 148 Å². The van der Waals surface area contributed by atoms with Gasteiger partial charge in [-0.15, -0.1) is 8.67 Å². The van der Waals surface area contributed by atoms with E-state index < -0.39 is 71.2 Å². The summed E-state index contributed by atoms with van der Waals surface area (Å²) < 4.78 is 61.9. The predicted octanol–water partition coefficient (Wildman–Crippen LogP) is 4.43. The second kappa shape index (κ2) is 15.1. The number of aliphatic hydroxyl groups is 3. The van der Waals surface area contributed by atoms with Gasteiger partial charge in [0.05, 0.1) is 23.9 Å². The molecule has 5 rings (SSSR count). The largest absolute Gasteiger partial charge is 0.390 e. The van der Waals surface area contributed by atoms with Crippen molar-refractivity contribution in [1.82, 2.24) is 0 Å². The number of allylic oxidation sites excluding steroid dienone is 4. The van der Waals surface area contributed by atoms with Crippen molar-refractivity contribution in [1.29, 1.82) is 0 Å². The number of ether oxygens (including phenoxy) is 2. The number of fused-ring (bicyclic) bond motifs is 5. The van der Waals surface area contributed by atoms with Gasteiger partial charge < -0.3 is 24.8 Å². The SMILES string of the molecule is CC(C)=CCC[C@](C)(O)C1CCC2C3CC(OC4OC(C)C(OOS(=O)O)C(O)C4O)[C@H]4CC(OOS(=O)O)CCC4(C)C3=CCC21C. The van der Waals surface area contributed by atoms with Crippen LogP contribution in [0.15, 0.2) is 23.3 Å². The molecular formula is C33H54O13S2. The fourth-order valence-electron chi connectivity index (χ4n) is 10.2. The first-order valence-electron chi connectivity index (χ1n) is 17.1. The van der Waals surface area contributed by atoms with Gasteiger partial charge in [0.2, 0.25) is 0 Å². The van der Waals surface area contributed by atoms with Crippen molar-refractivity contribution >= 4 is 22.7 Å². The Balaban J connectivity index is 1.42. The standard InChI is InChI=1S/C33H54O13S2/c1-18(2)8-7-13-33(6,36)26-10-9-22-21-17-25(42-30-28(35)27(34)29(19(3)41-30)44-46-48(39)40)24-16-20(43-45-47(37)38)11-14-31(24,4)23(21)12-15-32(22,26)5/h8,12,19-22,24-30,34-36H,7,9-11,13-17H2,1-6H3,(H,37,38)(H,39,40)/t19?,20?,21?,22?,24-,25?,26?,27?,28?,29?,30?,31?,32?,33+/m1/s1. The van der Waals surface area contributed by atoms with Gasteiger partial charge in [-0.3, -0.25) is 9.11 Å². The van der Waals surface area contributed by atoms with Crippen LogP contribution in [-0.2, 0) is 50.6 Å². The monoisotopic (exact) mass is 722 g/mol. The third kappa shape index (κ3) is 7.74. The molecule has 0 spiro atoms. The van der Waals surface area contributed by atoms with Gasteiger partial charge >= 0.3 is 22.7 Å². The minimum absolute atomic E-state index is 0.121. The van der Waals surface area contributed by atoms with Gasteiger partial charge in [-0.25, -0.2) is 9.78 Å². The molecule has 0 radical (unpaired) electrons. The number of hydrogen-bond donors (Lipinski definition) is 5. The molecule has 4 aliphatic carbocycles. The van der Waals surface area contributed by atoms with E-state index in [1.54, 1.807) is 6.92 Å². The lowest BCUT2D eigenvalue weighted by molar-refractivity contribution is -0.364. The van der Waals surface area contributed by atoms with E-state index in [9.17, 15) is 28.3 Å². The van der Waals surface area contributed by atoms with Crippen molar-refractivity contribution in [3.05, 3.63) is 23.3 Å². The fourth-order valence-corrected chi connectivity index (χ4v) is 10.5. The summed E-state index contributed by atoms with van der Waals surface area (Å²) in [6, 6.07) is 0. The molecule has 13 nitrogen and oxygen atoms in total. The van der Waals surface area contributed by atoms with Crippen LogP contribution in [0.2, 0.25) is 0 Å². The molecule has 276 valence electrons. The van der Waals surface area contributed by atoms with E-state index in [2.05, 4.69) is 48.5 Å². The Morgan fingerprint density at radius 1 is 1.04 bits per heavy atom. The molecule has 0 aromatic carbocycles. The lowest BCUT2D eigenvalue weighted by Crippen LogP contribution is -2.61. The van der Waals surface area contributed by atoms with Crippen LogP contribution in [0, 0.1) is 34.5 Å². The Labute approximate surface area is 288 Å². The van der Waals surface area contributed by atoms with E-state index in [1.807, 2.05) is 6.92 Å². The molecule has 14 unspecified atom stereocenters. The minimum atomic E-state index is -2.74. The first kappa shape index (κ1) is 38.6. The molecule has 1 aliphatic heterocycles. The maximum atomic E-state index is 11.9. The summed E-state index contributed by atoms with van der Waals surface area (Å²) in [6.45, 7) is 12.3. The number of aliphatic hydroxyl groups excluding tert-OH is 2. The summed E-state index contributed by atoms with van der Waals surface area (Å²) in [5.74, 6) is 0.433. The lowest BCUT2D eigenvalue weighted by Gasteiger charge is -2.60. The Morgan fingerprint density at radius 2 is 1.73 bits per heavy atom. The second-order valence-electron chi connectivity index (χ2n) is 15.6. The second-order valence-corrected chi connectivity index (χ2v) is 16.8. The maximum Gasteiger partial charge on any atom is 0.331 e. The highest BCUT2D eigenvalue weighted by molar-refractivity contribution is 7.74. The van der Waals surface area contributed by atoms with Crippen molar-refractivity contribution in [3.8, 4) is 0 Å². The molecular weight excluding hydrogens is 668 g/mol. The van der Waals surface area contributed by atoms with Crippen LogP contribution in [0.3, 0.4) is 0 Å². The maximum absolute atomic E-state index is 11.9. The minimum Gasteiger partial charge on any atom is -0.390 e. The molecule has 5 N–H and O–H groups in total. The highest BCUT2D eigenvalue weighted by Gasteiger charge is 2.62. The normalized spacial score (nSPS) is 45.1. The predicted molar refractivity (Wildman–Crippen MR) is 175 cm³/mol. The van der Waals surface area contributed by atoms with Crippen molar-refractivity contribution in [3.63, 3.8) is 0 Å². The van der Waals surface area contributed by atoms with Crippen molar-refractivity contribution in [2.24, 2.45) is 34.5 Å². The molecule has 0 amide bonds. The number of rotatable bonds is 12. The lowest BCUT2D eigenvalue weighted by atomic mass is 9.47. The van der Waals surface area contributed by atoms with Gasteiger partial charge in [-0.1, -0.05) is 37.1 Å². The zero-order valence-electron chi connectivity index (χ0n) is 28.7. The Bertz CT molecular complexity index is 1260. The van der Waals surface area contributed by atoms with Gasteiger partial charge in [0.15, 0.2) is 6.29 Å². The summed E-state index contributed by atoms with van der Waals surface area (Å²) in [5, 5.41) is 33.9. The zero-order valence-corrected chi connectivity index (χ0v) is 30.3.